The van der Waals surface area contributed by atoms with E-state index in [0.717, 1.165) is 37.3 Å². The Bertz CT molecular complexity index is 1050. The molecule has 0 bridgehead atoms. The Labute approximate surface area is 185 Å². The minimum atomic E-state index is -0.531. The van der Waals surface area contributed by atoms with Gasteiger partial charge in [-0.1, -0.05) is 10.8 Å². The highest BCUT2D eigenvalue weighted by molar-refractivity contribution is 5.90. The smallest absolute Gasteiger partial charge is 0.414 e. The first-order valence-electron chi connectivity index (χ1n) is 10.5. The highest BCUT2D eigenvalue weighted by Crippen LogP contribution is 2.27. The minimum absolute atomic E-state index is 0.123. The molecular formula is C22H24N6O4. The number of hydrogen-bond donors (Lipinski definition) is 0. The van der Waals surface area contributed by atoms with Crippen molar-refractivity contribution in [2.75, 3.05) is 36.0 Å². The molecule has 0 radical (unpaired) electrons. The predicted molar refractivity (Wildman–Crippen MR) is 116 cm³/mol. The van der Waals surface area contributed by atoms with E-state index in [4.69, 9.17) is 16.0 Å². The van der Waals surface area contributed by atoms with Crippen LogP contribution in [0.1, 0.15) is 30.3 Å². The molecule has 2 aliphatic heterocycles. The summed E-state index contributed by atoms with van der Waals surface area (Å²) in [7, 11) is 0. The van der Waals surface area contributed by atoms with Crippen molar-refractivity contribution >= 4 is 23.4 Å². The fourth-order valence-corrected chi connectivity index (χ4v) is 3.84. The third-order valence-corrected chi connectivity index (χ3v) is 5.47. The molecule has 1 aromatic carbocycles. The number of amides is 1. The van der Waals surface area contributed by atoms with Gasteiger partial charge in [0.1, 0.15) is 6.10 Å². The van der Waals surface area contributed by atoms with E-state index in [1.54, 1.807) is 18.0 Å². The average molecular weight is 436 g/mol. The van der Waals surface area contributed by atoms with E-state index in [0.29, 0.717) is 13.1 Å². The van der Waals surface area contributed by atoms with Gasteiger partial charge in [0.25, 0.3) is 0 Å². The molecule has 0 aliphatic carbocycles. The number of hydrogen-bond acceptors (Lipinski definition) is 7. The summed E-state index contributed by atoms with van der Waals surface area (Å²) in [6.45, 7) is 11.4. The molecule has 2 aliphatic rings. The maximum Gasteiger partial charge on any atom is 0.414 e. The third-order valence-electron chi connectivity index (χ3n) is 5.47. The second kappa shape index (κ2) is 9.51. The zero-order valence-electron chi connectivity index (χ0n) is 17.8. The molecule has 1 atom stereocenters. The van der Waals surface area contributed by atoms with Crippen molar-refractivity contribution in [3.63, 3.8) is 0 Å². The van der Waals surface area contributed by atoms with Gasteiger partial charge in [0.15, 0.2) is 11.9 Å². The lowest BCUT2D eigenvalue weighted by Gasteiger charge is -2.30. The van der Waals surface area contributed by atoms with Gasteiger partial charge in [-0.2, -0.15) is 0 Å². The molecule has 32 heavy (non-hydrogen) atoms. The number of nitrogens with zero attached hydrogens (tertiary/aromatic N) is 6. The van der Waals surface area contributed by atoms with Crippen LogP contribution >= 0.6 is 0 Å². The molecule has 0 unspecified atom stereocenters. The van der Waals surface area contributed by atoms with Gasteiger partial charge < -0.3 is 14.4 Å². The van der Waals surface area contributed by atoms with Gasteiger partial charge >= 0.3 is 12.1 Å². The molecule has 166 valence electrons. The monoisotopic (exact) mass is 436 g/mol. The molecular weight excluding hydrogens is 412 g/mol. The lowest BCUT2D eigenvalue weighted by atomic mass is 10.0. The number of ether oxygens (including phenoxy) is 2. The Kier molecular flexibility index (Phi) is 6.35. The quantitative estimate of drug-likeness (QED) is 0.508. The lowest BCUT2D eigenvalue weighted by Crippen LogP contribution is -2.30. The summed E-state index contributed by atoms with van der Waals surface area (Å²) in [5.41, 5.74) is 3.17. The molecule has 3 heterocycles. The van der Waals surface area contributed by atoms with E-state index < -0.39 is 18.2 Å². The van der Waals surface area contributed by atoms with E-state index in [2.05, 4.69) is 20.1 Å². The van der Waals surface area contributed by atoms with Crippen LogP contribution in [0.2, 0.25) is 0 Å². The van der Waals surface area contributed by atoms with Gasteiger partial charge in [-0.25, -0.2) is 19.1 Å². The van der Waals surface area contributed by atoms with Crippen molar-refractivity contribution < 1.29 is 19.1 Å². The molecule has 0 spiro atoms. The van der Waals surface area contributed by atoms with E-state index in [1.807, 2.05) is 24.3 Å². The van der Waals surface area contributed by atoms with Crippen molar-refractivity contribution in [2.24, 2.45) is 0 Å². The van der Waals surface area contributed by atoms with Crippen LogP contribution in [-0.4, -0.2) is 59.4 Å². The summed E-state index contributed by atoms with van der Waals surface area (Å²) in [6.07, 6.45) is 4.08. The molecule has 2 aromatic rings. The van der Waals surface area contributed by atoms with Gasteiger partial charge in [-0.15, -0.1) is 5.10 Å². The van der Waals surface area contributed by atoms with Crippen LogP contribution in [0.4, 0.5) is 16.2 Å². The number of esters is 1. The van der Waals surface area contributed by atoms with Crippen molar-refractivity contribution in [3.8, 4) is 0 Å². The van der Waals surface area contributed by atoms with Crippen molar-refractivity contribution in [1.82, 2.24) is 15.0 Å². The van der Waals surface area contributed by atoms with Gasteiger partial charge in [-0.3, -0.25) is 4.90 Å². The van der Waals surface area contributed by atoms with Crippen molar-refractivity contribution in [2.45, 2.75) is 32.4 Å². The molecule has 1 amide bonds. The molecule has 10 nitrogen and oxygen atoms in total. The summed E-state index contributed by atoms with van der Waals surface area (Å²) in [5.74, 6) is -0.531. The lowest BCUT2D eigenvalue weighted by molar-refractivity contribution is 0.0519. The number of carbonyl (C=O) groups is 2. The molecule has 2 saturated heterocycles. The SMILES string of the molecule is [C-]#[N+]C=C1CCN(c2ccc(N3C[C@H](Cn4cc(C(=O)OCC)nn4)OC3=O)cc2)CC1. The largest absolute Gasteiger partial charge is 0.461 e. The summed E-state index contributed by atoms with van der Waals surface area (Å²) in [6, 6.07) is 7.83. The Morgan fingerprint density at radius 2 is 2.00 bits per heavy atom. The number of benzene rings is 1. The van der Waals surface area contributed by atoms with Gasteiger partial charge in [-0.05, 0) is 44.0 Å². The summed E-state index contributed by atoms with van der Waals surface area (Å²) in [4.78, 5) is 31.4. The fraction of sp³-hybridized carbons (Fsp3) is 0.409. The molecule has 10 heteroatoms. The summed E-state index contributed by atoms with van der Waals surface area (Å²) < 4.78 is 11.9. The van der Waals surface area contributed by atoms with Crippen molar-refractivity contribution in [3.05, 3.63) is 59.3 Å². The first kappa shape index (κ1) is 21.4. The normalized spacial score (nSPS) is 18.3. The topological polar surface area (TPSA) is 94.2 Å². The fourth-order valence-electron chi connectivity index (χ4n) is 3.84. The Morgan fingerprint density at radius 1 is 1.28 bits per heavy atom. The number of rotatable bonds is 6. The van der Waals surface area contributed by atoms with E-state index in [9.17, 15) is 9.59 Å². The van der Waals surface area contributed by atoms with Crippen LogP contribution in [0.25, 0.3) is 4.85 Å². The first-order chi connectivity index (χ1) is 15.6. The van der Waals surface area contributed by atoms with E-state index in [1.165, 1.54) is 16.5 Å². The van der Waals surface area contributed by atoms with Crippen LogP contribution in [0.5, 0.6) is 0 Å². The molecule has 1 aromatic heterocycles. The Balaban J connectivity index is 1.35. The highest BCUT2D eigenvalue weighted by Gasteiger charge is 2.33. The number of anilines is 2. The number of aromatic nitrogens is 3. The summed E-state index contributed by atoms with van der Waals surface area (Å²) >= 11 is 0. The predicted octanol–water partition coefficient (Wildman–Crippen LogP) is 2.88. The van der Waals surface area contributed by atoms with Crippen LogP contribution in [0, 0.1) is 6.57 Å². The maximum atomic E-state index is 12.4. The second-order valence-corrected chi connectivity index (χ2v) is 7.58. The molecule has 0 N–H and O–H groups in total. The number of cyclic esters (lactones) is 1. The van der Waals surface area contributed by atoms with E-state index in [-0.39, 0.29) is 12.3 Å². The molecule has 2 fully saturated rings. The molecule has 4 rings (SSSR count). The van der Waals surface area contributed by atoms with Crippen LogP contribution in [-0.2, 0) is 16.0 Å². The third kappa shape index (κ3) is 4.72. The minimum Gasteiger partial charge on any atom is -0.461 e. The maximum absolute atomic E-state index is 12.4. The Morgan fingerprint density at radius 3 is 2.69 bits per heavy atom. The second-order valence-electron chi connectivity index (χ2n) is 7.58. The van der Waals surface area contributed by atoms with Crippen LogP contribution in [0.3, 0.4) is 0 Å². The standard InChI is InChI=1S/C22H24N6O4/c1-3-31-21(29)20-15-27(25-24-20)13-19-14-28(22(30)32-19)18-6-4-17(5-7-18)26-10-8-16(9-11-26)12-23-2/h4-7,12,15,19H,3,8-11,13-14H2,1H3/t19-/m0/s1. The van der Waals surface area contributed by atoms with Gasteiger partial charge in [0.05, 0.1) is 32.5 Å². The summed E-state index contributed by atoms with van der Waals surface area (Å²) in [5, 5.41) is 7.72. The highest BCUT2D eigenvalue weighted by atomic mass is 16.6. The zero-order valence-corrected chi connectivity index (χ0v) is 17.8. The van der Waals surface area contributed by atoms with Crippen LogP contribution < -0.4 is 9.80 Å². The zero-order chi connectivity index (χ0) is 22.5. The Hall–Kier alpha value is -3.87. The van der Waals surface area contributed by atoms with E-state index >= 15 is 0 Å². The number of carbonyl (C=O) groups excluding carboxylic acids is 2. The van der Waals surface area contributed by atoms with Crippen LogP contribution in [0.15, 0.2) is 42.2 Å². The van der Waals surface area contributed by atoms with Gasteiger partial charge in [0.2, 0.25) is 0 Å². The molecule has 0 saturated carbocycles. The first-order valence-corrected chi connectivity index (χ1v) is 10.5. The van der Waals surface area contributed by atoms with Gasteiger partial charge in [0, 0.05) is 24.5 Å². The average Bonchev–Trinajstić information content (AvgIpc) is 3.41. The number of piperidine rings is 1. The van der Waals surface area contributed by atoms with Crippen molar-refractivity contribution in [1.29, 1.82) is 0 Å².